The summed E-state index contributed by atoms with van der Waals surface area (Å²) in [6, 6.07) is 11.0. The molecular weight excluding hydrogens is 349 g/mol. The van der Waals surface area contributed by atoms with Crippen molar-refractivity contribution in [3.05, 3.63) is 59.7 Å². The van der Waals surface area contributed by atoms with E-state index in [1.54, 1.807) is 25.3 Å². The van der Waals surface area contributed by atoms with Crippen molar-refractivity contribution in [1.82, 2.24) is 5.32 Å². The third kappa shape index (κ3) is 5.38. The van der Waals surface area contributed by atoms with Gasteiger partial charge in [-0.25, -0.2) is 4.79 Å². The van der Waals surface area contributed by atoms with E-state index >= 15 is 0 Å². The third-order valence-electron chi connectivity index (χ3n) is 3.65. The van der Waals surface area contributed by atoms with E-state index < -0.39 is 23.9 Å². The van der Waals surface area contributed by atoms with Crippen LogP contribution in [0, 0.1) is 0 Å². The second-order valence-electron chi connectivity index (χ2n) is 5.41. The highest BCUT2D eigenvalue weighted by Crippen LogP contribution is 2.30. The Balaban J connectivity index is 1.97. The van der Waals surface area contributed by atoms with Crippen molar-refractivity contribution in [1.29, 1.82) is 0 Å². The lowest BCUT2D eigenvalue weighted by atomic mass is 10.1. The zero-order chi connectivity index (χ0) is 19.2. The number of benzene rings is 2. The molecule has 140 valence electrons. The van der Waals surface area contributed by atoms with Crippen LogP contribution in [-0.2, 0) is 10.9 Å². The van der Waals surface area contributed by atoms with E-state index in [1.807, 2.05) is 6.07 Å². The van der Waals surface area contributed by atoms with Gasteiger partial charge < -0.3 is 20.1 Å². The first kappa shape index (κ1) is 19.6. The molecule has 0 fully saturated rings. The average molecular weight is 368 g/mol. The fourth-order valence-corrected chi connectivity index (χ4v) is 2.31. The number of nitrogens with one attached hydrogen (secondary N) is 2. The second kappa shape index (κ2) is 8.57. The molecule has 0 saturated heterocycles. The Bertz CT molecular complexity index is 750. The first-order valence-electron chi connectivity index (χ1n) is 7.72. The molecule has 2 rings (SSSR count). The lowest BCUT2D eigenvalue weighted by Crippen LogP contribution is -2.33. The topological polar surface area (TPSA) is 59.6 Å². The van der Waals surface area contributed by atoms with Crippen molar-refractivity contribution >= 4 is 11.7 Å². The van der Waals surface area contributed by atoms with Gasteiger partial charge in [-0.15, -0.1) is 0 Å². The lowest BCUT2D eigenvalue weighted by Gasteiger charge is -2.17. The minimum Gasteiger partial charge on any atom is -0.497 e. The van der Waals surface area contributed by atoms with E-state index in [0.29, 0.717) is 5.75 Å². The van der Waals surface area contributed by atoms with Gasteiger partial charge in [0.1, 0.15) is 5.75 Å². The predicted molar refractivity (Wildman–Crippen MR) is 91.2 cm³/mol. The monoisotopic (exact) mass is 368 g/mol. The number of amides is 2. The molecule has 0 aliphatic heterocycles. The van der Waals surface area contributed by atoms with Gasteiger partial charge in [0.05, 0.1) is 18.8 Å². The average Bonchev–Trinajstić information content (AvgIpc) is 2.62. The van der Waals surface area contributed by atoms with Crippen molar-refractivity contribution in [2.75, 3.05) is 26.1 Å². The van der Waals surface area contributed by atoms with E-state index in [2.05, 4.69) is 10.6 Å². The summed E-state index contributed by atoms with van der Waals surface area (Å²) in [6.45, 7) is 0.133. The van der Waals surface area contributed by atoms with Crippen LogP contribution >= 0.6 is 0 Å². The summed E-state index contributed by atoms with van der Waals surface area (Å²) in [5.74, 6) is 0.651. The standard InChI is InChI=1S/C18H19F3N2O3/c1-25-15-8-3-5-12(9-15)16(26-2)11-22-17(24)23-14-7-4-6-13(10-14)18(19,20)21/h3-10,16H,11H2,1-2H3,(H2,22,23,24). The number of rotatable bonds is 6. The van der Waals surface area contributed by atoms with Gasteiger partial charge in [-0.2, -0.15) is 13.2 Å². The number of carbonyl (C=O) groups is 1. The summed E-state index contributed by atoms with van der Waals surface area (Å²) in [5.41, 5.74) is 0.0142. The molecule has 0 spiro atoms. The summed E-state index contributed by atoms with van der Waals surface area (Å²) in [5, 5.41) is 4.96. The summed E-state index contributed by atoms with van der Waals surface area (Å²) < 4.78 is 48.6. The Kier molecular flexibility index (Phi) is 6.46. The number of hydrogen-bond acceptors (Lipinski definition) is 3. The SMILES string of the molecule is COc1cccc(C(CNC(=O)Nc2cccc(C(F)(F)F)c2)OC)c1. The number of methoxy groups -OCH3 is 2. The second-order valence-corrected chi connectivity index (χ2v) is 5.41. The van der Waals surface area contributed by atoms with Gasteiger partial charge in [0, 0.05) is 19.3 Å². The maximum absolute atomic E-state index is 12.7. The van der Waals surface area contributed by atoms with E-state index in [0.717, 1.165) is 17.7 Å². The molecule has 0 heterocycles. The summed E-state index contributed by atoms with van der Waals surface area (Å²) in [6.07, 6.45) is -4.90. The molecule has 1 unspecified atom stereocenters. The Labute approximate surface area is 149 Å². The maximum Gasteiger partial charge on any atom is 0.416 e. The molecule has 0 saturated carbocycles. The van der Waals surface area contributed by atoms with Crippen molar-refractivity contribution < 1.29 is 27.4 Å². The fourth-order valence-electron chi connectivity index (χ4n) is 2.31. The zero-order valence-corrected chi connectivity index (χ0v) is 14.3. The van der Waals surface area contributed by atoms with Gasteiger partial charge in [-0.1, -0.05) is 18.2 Å². The first-order chi connectivity index (χ1) is 12.3. The number of alkyl halides is 3. The molecule has 0 radical (unpaired) electrons. The highest BCUT2D eigenvalue weighted by atomic mass is 19.4. The number of anilines is 1. The van der Waals surface area contributed by atoms with Crippen LogP contribution in [0.3, 0.4) is 0 Å². The highest BCUT2D eigenvalue weighted by molar-refractivity contribution is 5.89. The van der Waals surface area contributed by atoms with Gasteiger partial charge in [0.2, 0.25) is 0 Å². The molecule has 2 aromatic carbocycles. The molecule has 2 N–H and O–H groups in total. The molecule has 1 atom stereocenters. The summed E-state index contributed by atoms with van der Waals surface area (Å²) in [7, 11) is 3.04. The van der Waals surface area contributed by atoms with Gasteiger partial charge in [-0.3, -0.25) is 0 Å². The van der Waals surface area contributed by atoms with Crippen LogP contribution in [0.4, 0.5) is 23.7 Å². The van der Waals surface area contributed by atoms with Crippen LogP contribution in [0.5, 0.6) is 5.75 Å². The quantitative estimate of drug-likeness (QED) is 0.803. The van der Waals surface area contributed by atoms with Crippen LogP contribution in [-0.4, -0.2) is 26.8 Å². The summed E-state index contributed by atoms with van der Waals surface area (Å²) in [4.78, 5) is 12.0. The first-order valence-corrected chi connectivity index (χ1v) is 7.72. The van der Waals surface area contributed by atoms with Crippen LogP contribution in [0.15, 0.2) is 48.5 Å². The van der Waals surface area contributed by atoms with Crippen molar-refractivity contribution in [3.63, 3.8) is 0 Å². The van der Waals surface area contributed by atoms with Crippen molar-refractivity contribution in [2.24, 2.45) is 0 Å². The molecule has 0 aromatic heterocycles. The number of carbonyl (C=O) groups excluding carboxylic acids is 1. The normalized spacial score (nSPS) is 12.3. The molecule has 0 aliphatic rings. The molecule has 0 aliphatic carbocycles. The van der Waals surface area contributed by atoms with Gasteiger partial charge >= 0.3 is 12.2 Å². The van der Waals surface area contributed by atoms with Gasteiger partial charge in [0.15, 0.2) is 0 Å². The molecule has 26 heavy (non-hydrogen) atoms. The van der Waals surface area contributed by atoms with Crippen molar-refractivity contribution in [2.45, 2.75) is 12.3 Å². The Morgan fingerprint density at radius 1 is 1.12 bits per heavy atom. The van der Waals surface area contributed by atoms with Crippen LogP contribution in [0.1, 0.15) is 17.2 Å². The highest BCUT2D eigenvalue weighted by Gasteiger charge is 2.30. The zero-order valence-electron chi connectivity index (χ0n) is 14.3. The van der Waals surface area contributed by atoms with E-state index in [-0.39, 0.29) is 12.2 Å². The van der Waals surface area contributed by atoms with E-state index in [9.17, 15) is 18.0 Å². The number of halogens is 3. The van der Waals surface area contributed by atoms with Crippen LogP contribution < -0.4 is 15.4 Å². The minimum atomic E-state index is -4.47. The number of urea groups is 1. The number of hydrogen-bond donors (Lipinski definition) is 2. The van der Waals surface area contributed by atoms with E-state index in [1.165, 1.54) is 19.2 Å². The van der Waals surface area contributed by atoms with Crippen LogP contribution in [0.2, 0.25) is 0 Å². The van der Waals surface area contributed by atoms with Gasteiger partial charge in [0.25, 0.3) is 0 Å². The number of ether oxygens (including phenoxy) is 2. The molecule has 2 amide bonds. The molecule has 8 heteroatoms. The Hall–Kier alpha value is -2.74. The maximum atomic E-state index is 12.7. The summed E-state index contributed by atoms with van der Waals surface area (Å²) >= 11 is 0. The lowest BCUT2D eigenvalue weighted by molar-refractivity contribution is -0.137. The molecule has 0 bridgehead atoms. The Morgan fingerprint density at radius 3 is 2.50 bits per heavy atom. The van der Waals surface area contributed by atoms with E-state index in [4.69, 9.17) is 9.47 Å². The van der Waals surface area contributed by atoms with Crippen molar-refractivity contribution in [3.8, 4) is 5.75 Å². The molecule has 5 nitrogen and oxygen atoms in total. The predicted octanol–water partition coefficient (Wildman–Crippen LogP) is 4.22. The third-order valence-corrected chi connectivity index (χ3v) is 3.65. The fraction of sp³-hybridized carbons (Fsp3) is 0.278. The Morgan fingerprint density at radius 2 is 1.85 bits per heavy atom. The minimum absolute atomic E-state index is 0.0488. The molecule has 2 aromatic rings. The molecular formula is C18H19F3N2O3. The van der Waals surface area contributed by atoms with Crippen LogP contribution in [0.25, 0.3) is 0 Å². The largest absolute Gasteiger partial charge is 0.497 e. The smallest absolute Gasteiger partial charge is 0.416 e. The van der Waals surface area contributed by atoms with Gasteiger partial charge in [-0.05, 0) is 35.9 Å².